The van der Waals surface area contributed by atoms with Crippen LogP contribution in [0.2, 0.25) is 0 Å². The average molecular weight is 618 g/mol. The van der Waals surface area contributed by atoms with Crippen molar-refractivity contribution in [2.45, 2.75) is 76.5 Å². The highest BCUT2D eigenvalue weighted by atomic mass is 16.5. The molecule has 3 atom stereocenters. The van der Waals surface area contributed by atoms with Gasteiger partial charge in [0.2, 0.25) is 11.8 Å². The van der Waals surface area contributed by atoms with E-state index in [4.69, 9.17) is 4.74 Å². The summed E-state index contributed by atoms with van der Waals surface area (Å²) in [4.78, 5) is 59.8. The molecule has 3 fully saturated rings. The molecule has 2 aromatic carbocycles. The molecule has 4 amide bonds. The van der Waals surface area contributed by atoms with E-state index < -0.39 is 18.0 Å². The van der Waals surface area contributed by atoms with Crippen molar-refractivity contribution in [2.24, 2.45) is 5.92 Å². The summed E-state index contributed by atoms with van der Waals surface area (Å²) in [5, 5.41) is 5.90. The second-order valence-electron chi connectivity index (χ2n) is 13.4. The van der Waals surface area contributed by atoms with Crippen LogP contribution in [0.1, 0.15) is 74.8 Å². The first kappa shape index (κ1) is 32.5. The van der Waals surface area contributed by atoms with E-state index in [1.165, 1.54) is 5.56 Å². The molecule has 10 nitrogen and oxygen atoms in total. The van der Waals surface area contributed by atoms with Gasteiger partial charge < -0.3 is 25.2 Å². The lowest BCUT2D eigenvalue weighted by Gasteiger charge is -2.41. The minimum atomic E-state index is -0.804. The van der Waals surface area contributed by atoms with E-state index in [1.54, 1.807) is 29.2 Å². The quantitative estimate of drug-likeness (QED) is 0.400. The van der Waals surface area contributed by atoms with E-state index in [2.05, 4.69) is 34.7 Å². The molecule has 0 aromatic heterocycles. The van der Waals surface area contributed by atoms with Crippen LogP contribution in [0.15, 0.2) is 54.6 Å². The van der Waals surface area contributed by atoms with Crippen molar-refractivity contribution in [2.75, 3.05) is 39.8 Å². The third-order valence-electron chi connectivity index (χ3n) is 9.21. The molecule has 3 aliphatic rings. The van der Waals surface area contributed by atoms with Gasteiger partial charge in [-0.05, 0) is 69.7 Å². The summed E-state index contributed by atoms with van der Waals surface area (Å²) in [6.45, 7) is 8.19. The molecule has 10 heteroatoms. The first-order valence-electron chi connectivity index (χ1n) is 16.2. The average Bonchev–Trinajstić information content (AvgIpc) is 3.54. The highest BCUT2D eigenvalue weighted by Crippen LogP contribution is 2.34. The summed E-state index contributed by atoms with van der Waals surface area (Å²) in [6.07, 6.45) is 3.65. The van der Waals surface area contributed by atoms with Gasteiger partial charge in [-0.3, -0.25) is 24.1 Å². The van der Waals surface area contributed by atoms with Gasteiger partial charge in [-0.25, -0.2) is 0 Å². The number of carbonyl (C=O) groups excluding carboxylic acids is 4. The van der Waals surface area contributed by atoms with Crippen LogP contribution in [-0.2, 0) is 14.4 Å². The van der Waals surface area contributed by atoms with E-state index in [1.807, 2.05) is 43.9 Å². The van der Waals surface area contributed by atoms with Crippen molar-refractivity contribution in [1.82, 2.24) is 25.3 Å². The van der Waals surface area contributed by atoms with Crippen LogP contribution in [0.25, 0.3) is 0 Å². The number of hydrogen-bond donors (Lipinski definition) is 2. The number of benzene rings is 2. The first-order valence-corrected chi connectivity index (χ1v) is 16.2. The Kier molecular flexibility index (Phi) is 10.1. The third kappa shape index (κ3) is 8.03. The molecule has 242 valence electrons. The van der Waals surface area contributed by atoms with Crippen molar-refractivity contribution in [1.29, 1.82) is 0 Å². The van der Waals surface area contributed by atoms with Gasteiger partial charge in [0.1, 0.15) is 17.8 Å². The van der Waals surface area contributed by atoms with E-state index in [-0.39, 0.29) is 53.1 Å². The molecule has 2 aliphatic heterocycles. The van der Waals surface area contributed by atoms with E-state index in [0.29, 0.717) is 32.5 Å². The maximum atomic E-state index is 14.1. The zero-order valence-electron chi connectivity index (χ0n) is 27.0. The van der Waals surface area contributed by atoms with Crippen molar-refractivity contribution in [3.05, 3.63) is 65.7 Å². The molecule has 0 unspecified atom stereocenters. The molecule has 0 bridgehead atoms. The third-order valence-corrected chi connectivity index (χ3v) is 9.21. The Morgan fingerprint density at radius 2 is 1.69 bits per heavy atom. The van der Waals surface area contributed by atoms with Crippen molar-refractivity contribution in [3.63, 3.8) is 0 Å². The molecule has 2 saturated heterocycles. The van der Waals surface area contributed by atoms with Gasteiger partial charge in [0.15, 0.2) is 6.61 Å². The molecular weight excluding hydrogens is 570 g/mol. The topological polar surface area (TPSA) is 111 Å². The number of carbonyl (C=O) groups is 4. The van der Waals surface area contributed by atoms with Crippen molar-refractivity contribution in [3.8, 4) is 5.75 Å². The molecule has 0 spiro atoms. The van der Waals surface area contributed by atoms with Crippen LogP contribution in [0, 0.1) is 5.92 Å². The fraction of sp³-hybridized carbons (Fsp3) is 0.543. The van der Waals surface area contributed by atoms with Gasteiger partial charge >= 0.3 is 0 Å². The first-order chi connectivity index (χ1) is 21.5. The largest absolute Gasteiger partial charge is 0.483 e. The SMILES string of the molecule is CC(C)C[C@@H](NC(=O)c1ccccc1OCC(=O)NC1(C)CC1)C(=O)N1CCC[C@@H]1C(=O)N1CCN(C)[C@@H](c2ccccc2)C1. The number of ether oxygens (including phenoxy) is 1. The normalized spacial score (nSPS) is 21.7. The van der Waals surface area contributed by atoms with Gasteiger partial charge in [0.05, 0.1) is 11.6 Å². The number of likely N-dealkylation sites (N-methyl/N-ethyl adjacent to an activating group) is 1. The second-order valence-corrected chi connectivity index (χ2v) is 13.4. The molecule has 1 aliphatic carbocycles. The molecule has 2 aromatic rings. The highest BCUT2D eigenvalue weighted by Gasteiger charge is 2.41. The number of amides is 4. The zero-order valence-corrected chi connectivity index (χ0v) is 27.0. The zero-order chi connectivity index (χ0) is 32.1. The number of rotatable bonds is 11. The summed E-state index contributed by atoms with van der Waals surface area (Å²) >= 11 is 0. The maximum absolute atomic E-state index is 14.1. The second kappa shape index (κ2) is 14.0. The van der Waals surface area contributed by atoms with E-state index in [0.717, 1.165) is 25.8 Å². The summed E-state index contributed by atoms with van der Waals surface area (Å²) in [6, 6.07) is 15.7. The number of para-hydroxylation sites is 1. The Labute approximate surface area is 266 Å². The van der Waals surface area contributed by atoms with Crippen LogP contribution in [0.3, 0.4) is 0 Å². The Hall–Kier alpha value is -3.92. The minimum Gasteiger partial charge on any atom is -0.483 e. The monoisotopic (exact) mass is 617 g/mol. The van der Waals surface area contributed by atoms with Crippen LogP contribution in [-0.4, -0.2) is 95.8 Å². The lowest BCUT2D eigenvalue weighted by molar-refractivity contribution is -0.146. The fourth-order valence-corrected chi connectivity index (χ4v) is 6.34. The lowest BCUT2D eigenvalue weighted by Crippen LogP contribution is -2.57. The van der Waals surface area contributed by atoms with Crippen LogP contribution >= 0.6 is 0 Å². The summed E-state index contributed by atoms with van der Waals surface area (Å²) in [5.41, 5.74) is 1.26. The predicted octanol–water partition coefficient (Wildman–Crippen LogP) is 3.38. The molecule has 2 heterocycles. The van der Waals surface area contributed by atoms with Gasteiger partial charge in [-0.15, -0.1) is 0 Å². The number of likely N-dealkylation sites (tertiary alicyclic amines) is 1. The van der Waals surface area contributed by atoms with Crippen molar-refractivity contribution >= 4 is 23.6 Å². The maximum Gasteiger partial charge on any atom is 0.258 e. The summed E-state index contributed by atoms with van der Waals surface area (Å²) < 4.78 is 5.76. The van der Waals surface area contributed by atoms with Gasteiger partial charge in [0.25, 0.3) is 11.8 Å². The van der Waals surface area contributed by atoms with Crippen LogP contribution in [0.4, 0.5) is 0 Å². The number of nitrogens with zero attached hydrogens (tertiary/aromatic N) is 3. The smallest absolute Gasteiger partial charge is 0.258 e. The van der Waals surface area contributed by atoms with Crippen LogP contribution in [0.5, 0.6) is 5.75 Å². The van der Waals surface area contributed by atoms with Gasteiger partial charge in [0, 0.05) is 31.7 Å². The Morgan fingerprint density at radius 1 is 0.978 bits per heavy atom. The molecule has 5 rings (SSSR count). The van der Waals surface area contributed by atoms with E-state index >= 15 is 0 Å². The molecule has 0 radical (unpaired) electrons. The molecular formula is C35H47N5O5. The molecule has 1 saturated carbocycles. The van der Waals surface area contributed by atoms with Gasteiger partial charge in [-0.2, -0.15) is 0 Å². The Morgan fingerprint density at radius 3 is 2.40 bits per heavy atom. The summed E-state index contributed by atoms with van der Waals surface area (Å²) in [5.74, 6) is -0.554. The van der Waals surface area contributed by atoms with Crippen molar-refractivity contribution < 1.29 is 23.9 Å². The Balaban J connectivity index is 1.26. The Bertz CT molecular complexity index is 1380. The highest BCUT2D eigenvalue weighted by molar-refractivity contribution is 6.00. The van der Waals surface area contributed by atoms with Crippen LogP contribution < -0.4 is 15.4 Å². The van der Waals surface area contributed by atoms with E-state index in [9.17, 15) is 19.2 Å². The fourth-order valence-electron chi connectivity index (χ4n) is 6.34. The standard InChI is InChI=1S/C35H47N5O5/c1-24(2)21-27(36-32(42)26-13-8-9-15-30(26)45-23-31(41)37-35(3)16-17-35)33(43)40-18-10-14-28(40)34(44)39-20-19-38(4)29(22-39)25-11-6-5-7-12-25/h5-9,11-13,15,24,27-29H,10,14,16-23H2,1-4H3,(H,36,42)(H,37,41)/t27-,28-,29-/m1/s1. The molecule has 45 heavy (non-hydrogen) atoms. The molecule has 2 N–H and O–H groups in total. The minimum absolute atomic E-state index is 0.0263. The number of nitrogens with one attached hydrogen (secondary N) is 2. The van der Waals surface area contributed by atoms with Gasteiger partial charge in [-0.1, -0.05) is 56.3 Å². The summed E-state index contributed by atoms with van der Waals surface area (Å²) in [7, 11) is 2.08. The number of piperazine rings is 1. The lowest BCUT2D eigenvalue weighted by atomic mass is 10.0. The predicted molar refractivity (Wildman–Crippen MR) is 172 cm³/mol. The number of hydrogen-bond acceptors (Lipinski definition) is 6.